The highest BCUT2D eigenvalue weighted by atomic mass is 16.2. The second-order valence-electron chi connectivity index (χ2n) is 8.40. The van der Waals surface area contributed by atoms with Gasteiger partial charge in [0.1, 0.15) is 0 Å². The van der Waals surface area contributed by atoms with Gasteiger partial charge in [0, 0.05) is 32.1 Å². The molecule has 0 radical (unpaired) electrons. The van der Waals surface area contributed by atoms with Crippen LogP contribution in [0.5, 0.6) is 0 Å². The number of likely N-dealkylation sites (N-methyl/N-ethyl adjacent to an activating group) is 1. The smallest absolute Gasteiger partial charge is 0.332 e. The van der Waals surface area contributed by atoms with E-state index in [9.17, 15) is 9.59 Å². The molecule has 1 unspecified atom stereocenters. The second kappa shape index (κ2) is 9.03. The van der Waals surface area contributed by atoms with Crippen molar-refractivity contribution in [3.8, 4) is 11.8 Å². The predicted molar refractivity (Wildman–Crippen MR) is 135 cm³/mol. The Morgan fingerprint density at radius 1 is 1.18 bits per heavy atom. The average molecular weight is 461 g/mol. The van der Waals surface area contributed by atoms with Crippen molar-refractivity contribution < 1.29 is 0 Å². The highest BCUT2D eigenvalue weighted by Crippen LogP contribution is 2.21. The maximum Gasteiger partial charge on any atom is 0.332 e. The number of anilines is 2. The molecule has 0 saturated heterocycles. The van der Waals surface area contributed by atoms with Crippen LogP contribution in [0.15, 0.2) is 39.9 Å². The molecule has 0 amide bonds. The Hall–Kier alpha value is -4.10. The molecule has 0 aliphatic heterocycles. The summed E-state index contributed by atoms with van der Waals surface area (Å²) in [5, 5.41) is 0.887. The summed E-state index contributed by atoms with van der Waals surface area (Å²) in [6.45, 7) is 4.32. The number of aromatic nitrogens is 5. The molecule has 3 heterocycles. The molecule has 0 aliphatic rings. The first-order valence-corrected chi connectivity index (χ1v) is 10.9. The molecule has 0 saturated carbocycles. The van der Waals surface area contributed by atoms with Crippen molar-refractivity contribution >= 4 is 33.7 Å². The Morgan fingerprint density at radius 3 is 2.62 bits per heavy atom. The van der Waals surface area contributed by atoms with E-state index in [0.717, 1.165) is 15.5 Å². The molecule has 1 atom stereocenters. The number of hydrogen-bond donors (Lipinski definition) is 2. The lowest BCUT2D eigenvalue weighted by Gasteiger charge is -2.20. The minimum Gasteiger partial charge on any atom is -0.397 e. The average Bonchev–Trinajstić information content (AvgIpc) is 3.18. The molecule has 4 aromatic rings. The summed E-state index contributed by atoms with van der Waals surface area (Å²) >= 11 is 0. The van der Waals surface area contributed by atoms with Crippen LogP contribution in [0.4, 0.5) is 11.6 Å². The van der Waals surface area contributed by atoms with E-state index in [1.165, 1.54) is 4.57 Å². The first kappa shape index (κ1) is 23.1. The standard InChI is InChI=1S/C24H28N8O2/c1-5-6-11-31-20-21(28-23(31)29(3)13-15(2)25)30(4)24(34)32(22(20)33)14-19-17(26)12-16-9-7-8-10-18(16)27-19/h7-10,12,15H,11,13-14,25-26H2,1-4H3. The lowest BCUT2D eigenvalue weighted by Crippen LogP contribution is -2.40. The van der Waals surface area contributed by atoms with Crippen LogP contribution in [0.25, 0.3) is 22.1 Å². The Labute approximate surface area is 196 Å². The van der Waals surface area contributed by atoms with Crippen molar-refractivity contribution in [3.05, 3.63) is 56.9 Å². The molecular weight excluding hydrogens is 432 g/mol. The zero-order valence-electron chi connectivity index (χ0n) is 19.7. The summed E-state index contributed by atoms with van der Waals surface area (Å²) in [5.74, 6) is 6.37. The number of imidazole rings is 1. The fourth-order valence-corrected chi connectivity index (χ4v) is 4.06. The molecule has 4 N–H and O–H groups in total. The third kappa shape index (κ3) is 4.02. The molecule has 0 fully saturated rings. The van der Waals surface area contributed by atoms with E-state index in [1.807, 2.05) is 43.1 Å². The normalized spacial score (nSPS) is 12.0. The summed E-state index contributed by atoms with van der Waals surface area (Å²) in [7, 11) is 3.44. The van der Waals surface area contributed by atoms with E-state index in [4.69, 9.17) is 11.5 Å². The van der Waals surface area contributed by atoms with Gasteiger partial charge < -0.3 is 16.4 Å². The van der Waals surface area contributed by atoms with Crippen LogP contribution in [0, 0.1) is 11.8 Å². The van der Waals surface area contributed by atoms with Crippen molar-refractivity contribution in [2.45, 2.75) is 33.0 Å². The SMILES string of the molecule is CC#CCn1c(N(C)CC(C)N)nc2c1c(=O)n(Cc1nc3ccccc3cc1N)c(=O)n2C. The Morgan fingerprint density at radius 2 is 1.91 bits per heavy atom. The third-order valence-electron chi connectivity index (χ3n) is 5.67. The third-order valence-corrected chi connectivity index (χ3v) is 5.67. The molecule has 176 valence electrons. The first-order chi connectivity index (χ1) is 16.2. The zero-order valence-corrected chi connectivity index (χ0v) is 19.7. The Bertz CT molecular complexity index is 1570. The van der Waals surface area contributed by atoms with Gasteiger partial charge in [0.15, 0.2) is 11.2 Å². The van der Waals surface area contributed by atoms with Gasteiger partial charge in [0.2, 0.25) is 5.95 Å². The number of nitrogens with two attached hydrogens (primary N) is 2. The summed E-state index contributed by atoms with van der Waals surface area (Å²) < 4.78 is 4.24. The lowest BCUT2D eigenvalue weighted by atomic mass is 10.2. The maximum atomic E-state index is 13.7. The lowest BCUT2D eigenvalue weighted by molar-refractivity contribution is 0.646. The molecule has 3 aromatic heterocycles. The van der Waals surface area contributed by atoms with Gasteiger partial charge in [-0.15, -0.1) is 5.92 Å². The van der Waals surface area contributed by atoms with Crippen molar-refractivity contribution in [1.82, 2.24) is 23.7 Å². The molecule has 1 aromatic carbocycles. The minimum atomic E-state index is -0.500. The van der Waals surface area contributed by atoms with Gasteiger partial charge in [0.05, 0.1) is 30.0 Å². The molecule has 0 bridgehead atoms. The van der Waals surface area contributed by atoms with Gasteiger partial charge >= 0.3 is 5.69 Å². The van der Waals surface area contributed by atoms with Crippen LogP contribution in [0.2, 0.25) is 0 Å². The molecule has 10 nitrogen and oxygen atoms in total. The number of fused-ring (bicyclic) bond motifs is 2. The number of nitrogens with zero attached hydrogens (tertiary/aromatic N) is 6. The van der Waals surface area contributed by atoms with Crippen LogP contribution in [0.3, 0.4) is 0 Å². The molecule has 4 rings (SSSR count). The zero-order chi connectivity index (χ0) is 24.6. The van der Waals surface area contributed by atoms with Gasteiger partial charge in [-0.05, 0) is 26.0 Å². The van der Waals surface area contributed by atoms with Crippen LogP contribution in [-0.4, -0.2) is 43.3 Å². The van der Waals surface area contributed by atoms with Crippen molar-refractivity contribution in [3.63, 3.8) is 0 Å². The largest absolute Gasteiger partial charge is 0.397 e. The summed E-state index contributed by atoms with van der Waals surface area (Å²) in [5.41, 5.74) is 13.4. The minimum absolute atomic E-state index is 0.0617. The van der Waals surface area contributed by atoms with Crippen LogP contribution < -0.4 is 27.6 Å². The number of hydrogen-bond acceptors (Lipinski definition) is 7. The van der Waals surface area contributed by atoms with Gasteiger partial charge in [-0.1, -0.05) is 24.1 Å². The van der Waals surface area contributed by atoms with E-state index in [2.05, 4.69) is 21.8 Å². The van der Waals surface area contributed by atoms with Crippen LogP contribution >= 0.6 is 0 Å². The number of aryl methyl sites for hydroxylation is 1. The second-order valence-corrected chi connectivity index (χ2v) is 8.40. The van der Waals surface area contributed by atoms with Crippen molar-refractivity contribution in [2.24, 2.45) is 12.8 Å². The van der Waals surface area contributed by atoms with Crippen LogP contribution in [-0.2, 0) is 20.1 Å². The highest BCUT2D eigenvalue weighted by molar-refractivity contribution is 5.82. The van der Waals surface area contributed by atoms with Gasteiger partial charge in [-0.3, -0.25) is 18.5 Å². The molecular formula is C24H28N8O2. The topological polar surface area (TPSA) is 130 Å². The summed E-state index contributed by atoms with van der Waals surface area (Å²) in [6.07, 6.45) is 0. The molecule has 0 spiro atoms. The number of para-hydroxylation sites is 1. The fourth-order valence-electron chi connectivity index (χ4n) is 4.06. The van der Waals surface area contributed by atoms with Crippen molar-refractivity contribution in [1.29, 1.82) is 0 Å². The quantitative estimate of drug-likeness (QED) is 0.409. The number of pyridine rings is 1. The number of benzene rings is 1. The summed E-state index contributed by atoms with van der Waals surface area (Å²) in [6, 6.07) is 9.23. The van der Waals surface area contributed by atoms with Gasteiger partial charge in [-0.25, -0.2) is 9.78 Å². The summed E-state index contributed by atoms with van der Waals surface area (Å²) in [4.78, 5) is 37.9. The van der Waals surface area contributed by atoms with Crippen molar-refractivity contribution in [2.75, 3.05) is 24.2 Å². The number of rotatable bonds is 6. The maximum absolute atomic E-state index is 13.7. The molecule has 0 aliphatic carbocycles. The van der Waals surface area contributed by atoms with Crippen LogP contribution in [0.1, 0.15) is 19.5 Å². The Kier molecular flexibility index (Phi) is 6.13. The van der Waals surface area contributed by atoms with E-state index >= 15 is 0 Å². The molecule has 10 heteroatoms. The first-order valence-electron chi connectivity index (χ1n) is 10.9. The number of nitrogen functional groups attached to an aromatic ring is 1. The fraction of sp³-hybridized carbons (Fsp3) is 0.333. The van der Waals surface area contributed by atoms with Gasteiger partial charge in [0.25, 0.3) is 5.56 Å². The monoisotopic (exact) mass is 460 g/mol. The van der Waals surface area contributed by atoms with Gasteiger partial charge in [-0.2, -0.15) is 4.98 Å². The van der Waals surface area contributed by atoms with E-state index in [-0.39, 0.29) is 30.3 Å². The predicted octanol–water partition coefficient (Wildman–Crippen LogP) is 0.882. The molecule has 34 heavy (non-hydrogen) atoms. The van der Waals surface area contributed by atoms with E-state index in [0.29, 0.717) is 23.9 Å². The highest BCUT2D eigenvalue weighted by Gasteiger charge is 2.23. The van der Waals surface area contributed by atoms with E-state index < -0.39 is 11.2 Å². The Balaban J connectivity index is 1.94. The van der Waals surface area contributed by atoms with E-state index in [1.54, 1.807) is 24.6 Å².